The van der Waals surface area contributed by atoms with Gasteiger partial charge in [-0.15, -0.1) is 0 Å². The zero-order valence-electron chi connectivity index (χ0n) is 27.7. The number of hydrogen-bond donors (Lipinski definition) is 2. The molecule has 3 aliphatic rings. The van der Waals surface area contributed by atoms with Gasteiger partial charge in [0.1, 0.15) is 5.41 Å². The number of nitrogens with zero attached hydrogens (tertiary/aromatic N) is 1. The Labute approximate surface area is 264 Å². The normalized spacial score (nSPS) is 18.1. The van der Waals surface area contributed by atoms with Crippen molar-refractivity contribution in [1.82, 2.24) is 15.5 Å². The smallest absolute Gasteiger partial charge is 0.262 e. The van der Waals surface area contributed by atoms with E-state index in [4.69, 9.17) is 0 Å². The summed E-state index contributed by atoms with van der Waals surface area (Å²) in [5.41, 5.74) is 2.82. The molecule has 0 bridgehead atoms. The Hall–Kier alpha value is -2.80. The van der Waals surface area contributed by atoms with Crippen LogP contribution in [0, 0.1) is 5.92 Å². The Morgan fingerprint density at radius 2 is 1.43 bits per heavy atom. The number of carbonyl (C=O) groups excluding carboxylic acids is 2. The number of benzene rings is 2. The summed E-state index contributed by atoms with van der Waals surface area (Å²) in [5.74, 6) is -2.27. The van der Waals surface area contributed by atoms with Gasteiger partial charge in [0.25, 0.3) is 5.92 Å². The summed E-state index contributed by atoms with van der Waals surface area (Å²) in [6.45, 7) is 10.9. The number of rotatable bonds is 9. The molecule has 0 aromatic heterocycles. The lowest BCUT2D eigenvalue weighted by Gasteiger charge is -2.33. The van der Waals surface area contributed by atoms with Gasteiger partial charge in [-0.1, -0.05) is 108 Å². The van der Waals surface area contributed by atoms with Crippen LogP contribution in [0.4, 0.5) is 8.78 Å². The largest absolute Gasteiger partial charge is 0.354 e. The number of amides is 2. The van der Waals surface area contributed by atoms with Gasteiger partial charge in [0.2, 0.25) is 11.8 Å². The van der Waals surface area contributed by atoms with Crippen molar-refractivity contribution in [2.24, 2.45) is 5.92 Å². The fourth-order valence-electron chi connectivity index (χ4n) is 6.96. The zero-order valence-corrected chi connectivity index (χ0v) is 27.7. The number of halogens is 2. The molecule has 0 atom stereocenters. The van der Waals surface area contributed by atoms with Crippen LogP contribution >= 0.6 is 0 Å². The third-order valence-electron chi connectivity index (χ3n) is 9.18. The van der Waals surface area contributed by atoms with Crippen molar-refractivity contribution in [3.05, 3.63) is 59.7 Å². The Morgan fingerprint density at radius 3 is 1.91 bits per heavy atom. The Balaban J connectivity index is 0.000000510. The zero-order chi connectivity index (χ0) is 32.2. The second-order valence-electron chi connectivity index (χ2n) is 12.8. The molecule has 2 aliphatic carbocycles. The number of carbonyl (C=O) groups is 2. The summed E-state index contributed by atoms with van der Waals surface area (Å²) < 4.78 is 27.3. The predicted octanol–water partition coefficient (Wildman–Crippen LogP) is 8.11. The maximum Gasteiger partial charge on any atom is 0.262 e. The number of fused-ring (bicyclic) bond motifs is 3. The van der Waals surface area contributed by atoms with Gasteiger partial charge in [0.05, 0.1) is 6.54 Å². The van der Waals surface area contributed by atoms with Crippen molar-refractivity contribution in [2.45, 2.75) is 116 Å². The molecule has 1 saturated heterocycles. The quantitative estimate of drug-likeness (QED) is 0.282. The molecule has 1 saturated carbocycles. The third-order valence-corrected chi connectivity index (χ3v) is 9.18. The topological polar surface area (TPSA) is 61.4 Å². The summed E-state index contributed by atoms with van der Waals surface area (Å²) in [6, 6.07) is 15.9. The number of hydrogen-bond acceptors (Lipinski definition) is 3. The van der Waals surface area contributed by atoms with E-state index in [0.717, 1.165) is 80.4 Å². The first-order valence-electron chi connectivity index (χ1n) is 16.9. The van der Waals surface area contributed by atoms with Crippen LogP contribution in [0.25, 0.3) is 11.1 Å². The van der Waals surface area contributed by atoms with Gasteiger partial charge in [0.15, 0.2) is 0 Å². The molecule has 2 aromatic rings. The van der Waals surface area contributed by atoms with Crippen LogP contribution in [-0.2, 0) is 15.0 Å². The second-order valence-corrected chi connectivity index (χ2v) is 12.8. The molecule has 7 heteroatoms. The number of nitrogens with one attached hydrogen (secondary N) is 2. The van der Waals surface area contributed by atoms with Crippen molar-refractivity contribution in [2.75, 3.05) is 26.2 Å². The second kappa shape index (κ2) is 17.0. The van der Waals surface area contributed by atoms with E-state index in [1.165, 1.54) is 32.1 Å². The molecule has 2 aromatic carbocycles. The van der Waals surface area contributed by atoms with Crippen molar-refractivity contribution >= 4 is 11.8 Å². The third kappa shape index (κ3) is 9.60. The molecule has 0 spiro atoms. The summed E-state index contributed by atoms with van der Waals surface area (Å²) in [5, 5.41) is 5.57. The minimum Gasteiger partial charge on any atom is -0.354 e. The van der Waals surface area contributed by atoms with Crippen LogP contribution < -0.4 is 10.6 Å². The highest BCUT2D eigenvalue weighted by molar-refractivity contribution is 6.00. The van der Waals surface area contributed by atoms with Crippen molar-refractivity contribution in [3.8, 4) is 11.1 Å². The Morgan fingerprint density at radius 1 is 0.886 bits per heavy atom. The predicted molar refractivity (Wildman–Crippen MR) is 177 cm³/mol. The molecular formula is C37H55F2N3O2. The minimum absolute atomic E-state index is 0.0185. The molecule has 244 valence electrons. The summed E-state index contributed by atoms with van der Waals surface area (Å²) >= 11 is 0. The van der Waals surface area contributed by atoms with E-state index in [1.807, 2.05) is 62.4 Å². The van der Waals surface area contributed by atoms with E-state index in [9.17, 15) is 18.4 Å². The molecule has 44 heavy (non-hydrogen) atoms. The van der Waals surface area contributed by atoms with Crippen LogP contribution in [0.1, 0.15) is 110 Å². The number of likely N-dealkylation sites (tertiary alicyclic amines) is 1. The van der Waals surface area contributed by atoms with Crippen LogP contribution in [-0.4, -0.2) is 54.9 Å². The van der Waals surface area contributed by atoms with Crippen LogP contribution in [0.15, 0.2) is 48.5 Å². The monoisotopic (exact) mass is 611 g/mol. The average molecular weight is 612 g/mol. The highest BCUT2D eigenvalue weighted by Gasteiger charge is 2.48. The molecule has 5 rings (SSSR count). The Kier molecular flexibility index (Phi) is 13.8. The van der Waals surface area contributed by atoms with Crippen LogP contribution in [0.3, 0.4) is 0 Å². The van der Waals surface area contributed by atoms with E-state index in [0.29, 0.717) is 6.42 Å². The minimum atomic E-state index is -2.97. The summed E-state index contributed by atoms with van der Waals surface area (Å²) in [4.78, 5) is 27.4. The van der Waals surface area contributed by atoms with E-state index < -0.39 is 17.9 Å². The summed E-state index contributed by atoms with van der Waals surface area (Å²) in [7, 11) is 0. The van der Waals surface area contributed by atoms with Crippen molar-refractivity contribution in [3.63, 3.8) is 0 Å². The molecule has 2 fully saturated rings. The standard InChI is InChI=1S/C28H35F2N3O2.C7H14.C2H6/c1-20(34)32-21-13-17-33(18-14-21)16-8-7-15-28(26(35)31-19-27(2,29)30)24-11-5-3-9-22(24)23-10-4-6-12-25(23)28;1-7-5-3-2-4-6-7;1-2/h3-6,9-12,21H,7-8,13-19H2,1-2H3,(H,31,35)(H,32,34);7H,2-6H2,1H3;1-2H3. The van der Waals surface area contributed by atoms with Crippen LogP contribution in [0.5, 0.6) is 0 Å². The molecule has 2 amide bonds. The molecule has 1 aliphatic heterocycles. The first-order chi connectivity index (χ1) is 21.1. The SMILES string of the molecule is CC.CC(=O)NC1CCN(CCCCC2(C(=O)NCC(C)(F)F)c3ccccc3-c3ccccc32)CC1.CC1CCCCC1. The highest BCUT2D eigenvalue weighted by atomic mass is 19.3. The average Bonchev–Trinajstić information content (AvgIpc) is 3.31. The lowest BCUT2D eigenvalue weighted by atomic mass is 9.73. The van der Waals surface area contributed by atoms with Gasteiger partial charge in [-0.25, -0.2) is 8.78 Å². The van der Waals surface area contributed by atoms with Gasteiger partial charge in [-0.3, -0.25) is 9.59 Å². The molecule has 0 unspecified atom stereocenters. The van der Waals surface area contributed by atoms with E-state index in [2.05, 4.69) is 22.5 Å². The number of unbranched alkanes of at least 4 members (excludes halogenated alkanes) is 1. The fourth-order valence-corrected chi connectivity index (χ4v) is 6.96. The van der Waals surface area contributed by atoms with Gasteiger partial charge < -0.3 is 15.5 Å². The molecule has 0 radical (unpaired) electrons. The van der Waals surface area contributed by atoms with Gasteiger partial charge in [-0.05, 0) is 60.4 Å². The van der Waals surface area contributed by atoms with Crippen molar-refractivity contribution < 1.29 is 18.4 Å². The lowest BCUT2D eigenvalue weighted by Crippen LogP contribution is -2.47. The maximum atomic E-state index is 13.7. The van der Waals surface area contributed by atoms with Gasteiger partial charge >= 0.3 is 0 Å². The van der Waals surface area contributed by atoms with E-state index >= 15 is 0 Å². The van der Waals surface area contributed by atoms with Crippen LogP contribution in [0.2, 0.25) is 0 Å². The van der Waals surface area contributed by atoms with E-state index in [1.54, 1.807) is 6.92 Å². The maximum absolute atomic E-state index is 13.7. The molecule has 1 heterocycles. The Bertz CT molecular complexity index is 1140. The lowest BCUT2D eigenvalue weighted by molar-refractivity contribution is -0.127. The number of piperidine rings is 1. The van der Waals surface area contributed by atoms with Crippen molar-refractivity contribution in [1.29, 1.82) is 0 Å². The van der Waals surface area contributed by atoms with Gasteiger partial charge in [0, 0.05) is 33.0 Å². The van der Waals surface area contributed by atoms with E-state index in [-0.39, 0.29) is 17.9 Å². The first-order valence-corrected chi connectivity index (χ1v) is 16.9. The highest BCUT2D eigenvalue weighted by Crippen LogP contribution is 2.51. The molecular weight excluding hydrogens is 556 g/mol. The van der Waals surface area contributed by atoms with Gasteiger partial charge in [-0.2, -0.15) is 0 Å². The number of alkyl halides is 2. The first kappa shape index (κ1) is 35.7. The molecule has 5 nitrogen and oxygen atoms in total. The molecule has 2 N–H and O–H groups in total. The summed E-state index contributed by atoms with van der Waals surface area (Å²) in [6.07, 6.45) is 11.6. The fraction of sp³-hybridized carbons (Fsp3) is 0.622.